The Labute approximate surface area is 72.2 Å². The number of carbonyl (C=O) groups is 2. The lowest BCUT2D eigenvalue weighted by atomic mass is 10.3. The van der Waals surface area contributed by atoms with E-state index in [0.29, 0.717) is 16.6 Å². The Hall–Kier alpha value is -0.840. The van der Waals surface area contributed by atoms with Crippen molar-refractivity contribution in [2.24, 2.45) is 0 Å². The normalized spacial score (nSPS) is 21.3. The summed E-state index contributed by atoms with van der Waals surface area (Å²) in [5.41, 5.74) is 0.317. The zero-order chi connectivity index (χ0) is 8.43. The van der Waals surface area contributed by atoms with E-state index in [1.807, 2.05) is 6.92 Å². The average molecular weight is 219 g/mol. The molecule has 1 aliphatic rings. The lowest BCUT2D eigenvalue weighted by molar-refractivity contribution is -0.115. The van der Waals surface area contributed by atoms with E-state index in [-0.39, 0.29) is 5.91 Å². The Balaban J connectivity index is 2.90. The summed E-state index contributed by atoms with van der Waals surface area (Å²) < 4.78 is 0.709. The monoisotopic (exact) mass is 218 g/mol. The van der Waals surface area contributed by atoms with Gasteiger partial charge in [-0.3, -0.25) is 10.1 Å². The van der Waals surface area contributed by atoms with Gasteiger partial charge in [-0.25, -0.2) is 4.79 Å². The SMILES string of the molecule is CC/C(Br)=C1/NC(=O)NC1=O. The molecule has 0 saturated carbocycles. The lowest BCUT2D eigenvalue weighted by Crippen LogP contribution is -2.22. The summed E-state index contributed by atoms with van der Waals surface area (Å²) in [4.78, 5) is 21.5. The summed E-state index contributed by atoms with van der Waals surface area (Å²) in [6.45, 7) is 1.88. The van der Waals surface area contributed by atoms with Crippen molar-refractivity contribution in [3.05, 3.63) is 10.2 Å². The van der Waals surface area contributed by atoms with E-state index >= 15 is 0 Å². The van der Waals surface area contributed by atoms with Crippen LogP contribution in [0.3, 0.4) is 0 Å². The molecule has 1 rings (SSSR count). The van der Waals surface area contributed by atoms with E-state index in [4.69, 9.17) is 0 Å². The van der Waals surface area contributed by atoms with Crippen LogP contribution >= 0.6 is 15.9 Å². The van der Waals surface area contributed by atoms with Crippen molar-refractivity contribution >= 4 is 27.9 Å². The fourth-order valence-corrected chi connectivity index (χ4v) is 1.01. The summed E-state index contributed by atoms with van der Waals surface area (Å²) in [6.07, 6.45) is 0.684. The van der Waals surface area contributed by atoms with Crippen molar-refractivity contribution in [1.82, 2.24) is 10.6 Å². The second-order valence-corrected chi connectivity index (χ2v) is 3.00. The number of carbonyl (C=O) groups excluding carboxylic acids is 2. The van der Waals surface area contributed by atoms with Crippen LogP contribution in [0.25, 0.3) is 0 Å². The van der Waals surface area contributed by atoms with Gasteiger partial charge >= 0.3 is 6.03 Å². The van der Waals surface area contributed by atoms with Gasteiger partial charge < -0.3 is 5.32 Å². The molecule has 1 fully saturated rings. The van der Waals surface area contributed by atoms with Crippen molar-refractivity contribution in [2.75, 3.05) is 0 Å². The minimum Gasteiger partial charge on any atom is -0.302 e. The molecule has 0 radical (unpaired) electrons. The number of nitrogens with one attached hydrogen (secondary N) is 2. The number of amides is 3. The van der Waals surface area contributed by atoms with Gasteiger partial charge in [-0.05, 0) is 6.42 Å². The van der Waals surface area contributed by atoms with Crippen molar-refractivity contribution < 1.29 is 9.59 Å². The minimum absolute atomic E-state index is 0.317. The van der Waals surface area contributed by atoms with Gasteiger partial charge in [0, 0.05) is 4.48 Å². The highest BCUT2D eigenvalue weighted by Crippen LogP contribution is 2.15. The number of urea groups is 1. The first-order chi connectivity index (χ1) is 5.15. The number of allylic oxidation sites excluding steroid dienone is 1. The molecule has 1 heterocycles. The standard InChI is InChI=1S/C6H7BrN2O2/c1-2-3(7)4-5(10)9-6(11)8-4/h2H2,1H3,(H2,8,9,10,11)/b4-3-. The molecule has 0 atom stereocenters. The van der Waals surface area contributed by atoms with Gasteiger partial charge in [0.25, 0.3) is 5.91 Å². The number of hydrogen-bond donors (Lipinski definition) is 2. The van der Waals surface area contributed by atoms with Crippen molar-refractivity contribution in [1.29, 1.82) is 0 Å². The smallest absolute Gasteiger partial charge is 0.302 e. The summed E-state index contributed by atoms with van der Waals surface area (Å²) in [5, 5.41) is 4.49. The molecule has 0 aromatic rings. The Morgan fingerprint density at radius 3 is 2.45 bits per heavy atom. The van der Waals surface area contributed by atoms with Crippen LogP contribution in [0.5, 0.6) is 0 Å². The third kappa shape index (κ3) is 1.59. The fourth-order valence-electron chi connectivity index (χ4n) is 0.735. The van der Waals surface area contributed by atoms with Crippen LogP contribution in [0.2, 0.25) is 0 Å². The molecule has 0 aliphatic carbocycles. The van der Waals surface area contributed by atoms with E-state index < -0.39 is 6.03 Å². The maximum Gasteiger partial charge on any atom is 0.326 e. The molecule has 4 nitrogen and oxygen atoms in total. The lowest BCUT2D eigenvalue weighted by Gasteiger charge is -1.95. The molecule has 2 N–H and O–H groups in total. The summed E-state index contributed by atoms with van der Waals surface area (Å²) >= 11 is 3.18. The van der Waals surface area contributed by atoms with E-state index in [1.165, 1.54) is 0 Å². The molecule has 0 aromatic heterocycles. The molecular formula is C6H7BrN2O2. The first-order valence-corrected chi connectivity index (χ1v) is 3.95. The van der Waals surface area contributed by atoms with Crippen LogP contribution in [-0.4, -0.2) is 11.9 Å². The van der Waals surface area contributed by atoms with Gasteiger partial charge in [0.1, 0.15) is 5.70 Å². The Bertz CT molecular complexity index is 247. The first kappa shape index (κ1) is 8.26. The number of halogens is 1. The zero-order valence-electron chi connectivity index (χ0n) is 5.90. The molecular weight excluding hydrogens is 212 g/mol. The highest BCUT2D eigenvalue weighted by Gasteiger charge is 2.24. The second-order valence-electron chi connectivity index (χ2n) is 2.04. The van der Waals surface area contributed by atoms with Crippen LogP contribution in [-0.2, 0) is 4.79 Å². The molecule has 0 unspecified atom stereocenters. The van der Waals surface area contributed by atoms with Crippen LogP contribution in [0.1, 0.15) is 13.3 Å². The number of rotatable bonds is 1. The molecule has 60 valence electrons. The molecule has 0 aromatic carbocycles. The fraction of sp³-hybridized carbons (Fsp3) is 0.333. The second kappa shape index (κ2) is 3.04. The van der Waals surface area contributed by atoms with Crippen LogP contribution in [0.4, 0.5) is 4.79 Å². The highest BCUT2D eigenvalue weighted by atomic mass is 79.9. The average Bonchev–Trinajstić information content (AvgIpc) is 2.28. The Morgan fingerprint density at radius 2 is 2.09 bits per heavy atom. The Kier molecular flexibility index (Phi) is 2.28. The van der Waals surface area contributed by atoms with Crippen molar-refractivity contribution in [3.63, 3.8) is 0 Å². The van der Waals surface area contributed by atoms with Crippen molar-refractivity contribution in [3.8, 4) is 0 Å². The number of hydrogen-bond acceptors (Lipinski definition) is 2. The van der Waals surface area contributed by atoms with Gasteiger partial charge in [-0.2, -0.15) is 0 Å². The van der Waals surface area contributed by atoms with Gasteiger partial charge in [-0.1, -0.05) is 22.9 Å². The van der Waals surface area contributed by atoms with E-state index in [2.05, 4.69) is 26.6 Å². The van der Waals surface area contributed by atoms with Gasteiger partial charge in [0.2, 0.25) is 0 Å². The maximum atomic E-state index is 10.9. The number of imide groups is 1. The van der Waals surface area contributed by atoms with E-state index in [1.54, 1.807) is 0 Å². The predicted octanol–water partition coefficient (Wildman–Crippen LogP) is 0.842. The summed E-state index contributed by atoms with van der Waals surface area (Å²) in [5.74, 6) is -0.372. The third-order valence-electron chi connectivity index (χ3n) is 1.27. The zero-order valence-corrected chi connectivity index (χ0v) is 7.49. The van der Waals surface area contributed by atoms with Gasteiger partial charge in [0.15, 0.2) is 0 Å². The summed E-state index contributed by atoms with van der Waals surface area (Å²) in [6, 6.07) is -0.463. The summed E-state index contributed by atoms with van der Waals surface area (Å²) in [7, 11) is 0. The van der Waals surface area contributed by atoms with Gasteiger partial charge in [0.05, 0.1) is 0 Å². The molecule has 1 aliphatic heterocycles. The molecule has 5 heteroatoms. The quantitative estimate of drug-likeness (QED) is 0.507. The molecule has 1 saturated heterocycles. The molecule has 0 bridgehead atoms. The molecule has 11 heavy (non-hydrogen) atoms. The topological polar surface area (TPSA) is 58.2 Å². The third-order valence-corrected chi connectivity index (χ3v) is 2.23. The largest absolute Gasteiger partial charge is 0.326 e. The van der Waals surface area contributed by atoms with Gasteiger partial charge in [-0.15, -0.1) is 0 Å². The van der Waals surface area contributed by atoms with Crippen molar-refractivity contribution in [2.45, 2.75) is 13.3 Å². The van der Waals surface area contributed by atoms with Crippen LogP contribution < -0.4 is 10.6 Å². The predicted molar refractivity (Wildman–Crippen MR) is 42.9 cm³/mol. The van der Waals surface area contributed by atoms with E-state index in [0.717, 1.165) is 0 Å². The first-order valence-electron chi connectivity index (χ1n) is 3.16. The maximum absolute atomic E-state index is 10.9. The van der Waals surface area contributed by atoms with E-state index in [9.17, 15) is 9.59 Å². The highest BCUT2D eigenvalue weighted by molar-refractivity contribution is 9.11. The molecule has 3 amide bonds. The Morgan fingerprint density at radius 1 is 1.45 bits per heavy atom. The minimum atomic E-state index is -0.463. The van der Waals surface area contributed by atoms with Crippen LogP contribution in [0, 0.1) is 0 Å². The van der Waals surface area contributed by atoms with Crippen LogP contribution in [0.15, 0.2) is 10.2 Å². The molecule has 0 spiro atoms.